The number of hydrogen-bond donors (Lipinski definition) is 0. The standard InChI is InChI=1S/C11H13N5.C4H10/c1-9-2-3-10(14-13-9)16-7-6-15-5-4-12-11(15)8-16;1-3-4-2/h2-5H,6-8H2,1H3;3-4H2,1-2H3. The van der Waals surface area contributed by atoms with E-state index in [2.05, 4.69) is 38.5 Å². The van der Waals surface area contributed by atoms with E-state index in [1.165, 1.54) is 12.8 Å². The van der Waals surface area contributed by atoms with Gasteiger partial charge in [-0.05, 0) is 19.1 Å². The molecule has 0 spiro atoms. The lowest BCUT2D eigenvalue weighted by Crippen LogP contribution is -2.34. The summed E-state index contributed by atoms with van der Waals surface area (Å²) in [7, 11) is 0. The summed E-state index contributed by atoms with van der Waals surface area (Å²) in [6.07, 6.45) is 6.51. The van der Waals surface area contributed by atoms with Gasteiger partial charge in [0.2, 0.25) is 0 Å². The van der Waals surface area contributed by atoms with E-state index in [-0.39, 0.29) is 0 Å². The molecule has 0 N–H and O–H groups in total. The summed E-state index contributed by atoms with van der Waals surface area (Å²) in [5, 5.41) is 8.28. The largest absolute Gasteiger partial charge is 0.346 e. The van der Waals surface area contributed by atoms with Crippen LogP contribution in [0.4, 0.5) is 5.82 Å². The van der Waals surface area contributed by atoms with Crippen LogP contribution >= 0.6 is 0 Å². The first-order valence-electron chi connectivity index (χ1n) is 7.29. The van der Waals surface area contributed by atoms with E-state index in [4.69, 9.17) is 0 Å². The normalized spacial score (nSPS) is 13.4. The molecule has 20 heavy (non-hydrogen) atoms. The van der Waals surface area contributed by atoms with Crippen LogP contribution in [0.15, 0.2) is 24.5 Å². The van der Waals surface area contributed by atoms with Crippen molar-refractivity contribution in [3.63, 3.8) is 0 Å². The minimum absolute atomic E-state index is 0.810. The monoisotopic (exact) mass is 273 g/mol. The van der Waals surface area contributed by atoms with Crippen LogP contribution in [-0.4, -0.2) is 26.3 Å². The van der Waals surface area contributed by atoms with Crippen molar-refractivity contribution in [2.75, 3.05) is 11.4 Å². The van der Waals surface area contributed by atoms with Crippen LogP contribution in [0.3, 0.4) is 0 Å². The second-order valence-electron chi connectivity index (χ2n) is 4.99. The van der Waals surface area contributed by atoms with Gasteiger partial charge in [-0.15, -0.1) is 5.10 Å². The third-order valence-corrected chi connectivity index (χ3v) is 3.35. The highest BCUT2D eigenvalue weighted by Gasteiger charge is 2.17. The minimum atomic E-state index is 0.810. The zero-order valence-electron chi connectivity index (χ0n) is 12.6. The molecule has 0 aromatic carbocycles. The Morgan fingerprint density at radius 1 is 1.10 bits per heavy atom. The number of hydrogen-bond acceptors (Lipinski definition) is 4. The lowest BCUT2D eigenvalue weighted by molar-refractivity contribution is 0.554. The van der Waals surface area contributed by atoms with Crippen LogP contribution in [0.5, 0.6) is 0 Å². The Bertz CT molecular complexity index is 515. The molecule has 0 unspecified atom stereocenters. The van der Waals surface area contributed by atoms with Gasteiger partial charge < -0.3 is 9.47 Å². The Kier molecular flexibility index (Phi) is 5.09. The molecule has 3 rings (SSSR count). The van der Waals surface area contributed by atoms with Gasteiger partial charge >= 0.3 is 0 Å². The third kappa shape index (κ3) is 3.56. The molecule has 2 aromatic rings. The number of aryl methyl sites for hydroxylation is 1. The number of fused-ring (bicyclic) bond motifs is 1. The van der Waals surface area contributed by atoms with Gasteiger partial charge in [-0.1, -0.05) is 26.7 Å². The molecule has 2 aromatic heterocycles. The molecule has 1 aliphatic rings. The molecule has 5 nitrogen and oxygen atoms in total. The van der Waals surface area contributed by atoms with Gasteiger partial charge in [0.1, 0.15) is 5.82 Å². The Balaban J connectivity index is 0.000000328. The number of aromatic nitrogens is 4. The number of rotatable bonds is 2. The topological polar surface area (TPSA) is 46.8 Å². The maximum Gasteiger partial charge on any atom is 0.151 e. The fourth-order valence-corrected chi connectivity index (χ4v) is 1.93. The number of anilines is 1. The Hall–Kier alpha value is -1.91. The predicted molar refractivity (Wildman–Crippen MR) is 80.6 cm³/mol. The first-order chi connectivity index (χ1) is 9.74. The van der Waals surface area contributed by atoms with Crippen molar-refractivity contribution in [2.24, 2.45) is 0 Å². The second kappa shape index (κ2) is 7.03. The fourth-order valence-electron chi connectivity index (χ4n) is 1.93. The molecular formula is C15H23N5. The van der Waals surface area contributed by atoms with Crippen molar-refractivity contribution in [3.8, 4) is 0 Å². The van der Waals surface area contributed by atoms with Crippen LogP contribution < -0.4 is 4.90 Å². The van der Waals surface area contributed by atoms with E-state index >= 15 is 0 Å². The van der Waals surface area contributed by atoms with Gasteiger partial charge in [0, 0.05) is 25.5 Å². The molecule has 3 heterocycles. The van der Waals surface area contributed by atoms with Crippen LogP contribution in [0.1, 0.15) is 38.2 Å². The molecule has 0 saturated carbocycles. The van der Waals surface area contributed by atoms with E-state index in [0.29, 0.717) is 0 Å². The molecule has 0 bridgehead atoms. The van der Waals surface area contributed by atoms with E-state index < -0.39 is 0 Å². The third-order valence-electron chi connectivity index (χ3n) is 3.35. The summed E-state index contributed by atoms with van der Waals surface area (Å²) in [5.74, 6) is 2.02. The summed E-state index contributed by atoms with van der Waals surface area (Å²) in [6.45, 7) is 9.04. The molecule has 5 heteroatoms. The highest BCUT2D eigenvalue weighted by Crippen LogP contribution is 2.16. The van der Waals surface area contributed by atoms with E-state index in [9.17, 15) is 0 Å². The maximum atomic E-state index is 4.32. The molecule has 0 atom stereocenters. The van der Waals surface area contributed by atoms with Crippen LogP contribution in [0.2, 0.25) is 0 Å². The van der Waals surface area contributed by atoms with E-state index in [1.807, 2.05) is 31.5 Å². The zero-order chi connectivity index (χ0) is 14.4. The molecular weight excluding hydrogens is 250 g/mol. The molecule has 1 aliphatic heterocycles. The second-order valence-corrected chi connectivity index (χ2v) is 4.99. The van der Waals surface area contributed by atoms with Gasteiger partial charge in [0.15, 0.2) is 5.82 Å². The Morgan fingerprint density at radius 3 is 2.55 bits per heavy atom. The van der Waals surface area contributed by atoms with Gasteiger partial charge in [-0.3, -0.25) is 0 Å². The summed E-state index contributed by atoms with van der Waals surface area (Å²) >= 11 is 0. The quantitative estimate of drug-likeness (QED) is 0.844. The minimum Gasteiger partial charge on any atom is -0.346 e. The molecule has 0 radical (unpaired) electrons. The van der Waals surface area contributed by atoms with Crippen molar-refractivity contribution in [2.45, 2.75) is 46.7 Å². The highest BCUT2D eigenvalue weighted by atomic mass is 15.3. The van der Waals surface area contributed by atoms with Crippen LogP contribution in [0.25, 0.3) is 0 Å². The summed E-state index contributed by atoms with van der Waals surface area (Å²) in [4.78, 5) is 6.53. The number of imidazole rings is 1. The smallest absolute Gasteiger partial charge is 0.151 e. The van der Waals surface area contributed by atoms with Gasteiger partial charge in [-0.25, -0.2) is 4.98 Å². The summed E-state index contributed by atoms with van der Waals surface area (Å²) in [6, 6.07) is 4.00. The van der Waals surface area contributed by atoms with E-state index in [1.54, 1.807) is 0 Å². The summed E-state index contributed by atoms with van der Waals surface area (Å²) in [5.41, 5.74) is 0.947. The zero-order valence-corrected chi connectivity index (χ0v) is 12.6. The molecule has 0 amide bonds. The van der Waals surface area contributed by atoms with Crippen LogP contribution in [0, 0.1) is 6.92 Å². The number of unbranched alkanes of at least 4 members (excludes halogenated alkanes) is 1. The van der Waals surface area contributed by atoms with Gasteiger partial charge in [0.05, 0.1) is 12.2 Å². The average Bonchev–Trinajstić information content (AvgIpc) is 2.95. The predicted octanol–water partition coefficient (Wildman–Crippen LogP) is 2.81. The highest BCUT2D eigenvalue weighted by molar-refractivity contribution is 5.38. The molecule has 0 saturated heterocycles. The lowest BCUT2D eigenvalue weighted by atomic mass is 10.3. The van der Waals surface area contributed by atoms with Gasteiger partial charge in [0.25, 0.3) is 0 Å². The SMILES string of the molecule is CCCC.Cc1ccc(N2CCn3ccnc3C2)nn1. The molecule has 108 valence electrons. The summed E-state index contributed by atoms with van der Waals surface area (Å²) < 4.78 is 2.18. The van der Waals surface area contributed by atoms with Crippen molar-refractivity contribution in [1.82, 2.24) is 19.7 Å². The van der Waals surface area contributed by atoms with Crippen molar-refractivity contribution in [1.29, 1.82) is 0 Å². The fraction of sp³-hybridized carbons (Fsp3) is 0.533. The number of nitrogens with zero attached hydrogens (tertiary/aromatic N) is 5. The van der Waals surface area contributed by atoms with Crippen molar-refractivity contribution < 1.29 is 0 Å². The van der Waals surface area contributed by atoms with Crippen molar-refractivity contribution >= 4 is 5.82 Å². The first-order valence-corrected chi connectivity index (χ1v) is 7.29. The Labute approximate surface area is 120 Å². The van der Waals surface area contributed by atoms with Crippen molar-refractivity contribution in [3.05, 3.63) is 36.0 Å². The van der Waals surface area contributed by atoms with Gasteiger partial charge in [-0.2, -0.15) is 5.10 Å². The average molecular weight is 273 g/mol. The van der Waals surface area contributed by atoms with Crippen LogP contribution in [-0.2, 0) is 13.1 Å². The molecule has 0 aliphatic carbocycles. The maximum absolute atomic E-state index is 4.32. The first kappa shape index (κ1) is 14.5. The lowest BCUT2D eigenvalue weighted by Gasteiger charge is -2.28. The van der Waals surface area contributed by atoms with E-state index in [0.717, 1.165) is 37.0 Å². The Morgan fingerprint density at radius 2 is 1.90 bits per heavy atom. The molecule has 0 fully saturated rings.